The number of hydrogen-bond donors (Lipinski definition) is 0. The Labute approximate surface area is 127 Å². The van der Waals surface area contributed by atoms with Crippen molar-refractivity contribution in [2.24, 2.45) is 0 Å². The molecule has 0 spiro atoms. The van der Waals surface area contributed by atoms with Crippen LogP contribution < -0.4 is 5.56 Å². The third-order valence-corrected chi connectivity index (χ3v) is 3.72. The van der Waals surface area contributed by atoms with Crippen LogP contribution in [0.25, 0.3) is 0 Å². The Kier molecular flexibility index (Phi) is 4.00. The summed E-state index contributed by atoms with van der Waals surface area (Å²) >= 11 is 0. The van der Waals surface area contributed by atoms with Crippen molar-refractivity contribution in [3.8, 4) is 0 Å². The van der Waals surface area contributed by atoms with E-state index in [1.54, 1.807) is 17.0 Å². The van der Waals surface area contributed by atoms with E-state index in [0.29, 0.717) is 0 Å². The van der Waals surface area contributed by atoms with E-state index in [-0.39, 0.29) is 29.5 Å². The minimum atomic E-state index is -0.331. The molecule has 114 valence electrons. The maximum absolute atomic E-state index is 12.9. The number of carbonyl (C=O) groups is 1. The normalized spacial score (nSPS) is 14.3. The summed E-state index contributed by atoms with van der Waals surface area (Å²) in [6, 6.07) is 8.67. The molecule has 0 atom stereocenters. The SMILES string of the molecule is O=C(c1ccc(=O)n(Cc2ccc(F)cc2)n1)N1CCCC1. The summed E-state index contributed by atoms with van der Waals surface area (Å²) in [4.78, 5) is 25.9. The second-order valence-corrected chi connectivity index (χ2v) is 5.34. The molecule has 1 aliphatic heterocycles. The molecule has 22 heavy (non-hydrogen) atoms. The Bertz CT molecular complexity index is 734. The Morgan fingerprint density at radius 2 is 1.77 bits per heavy atom. The van der Waals surface area contributed by atoms with Gasteiger partial charge in [-0.25, -0.2) is 9.07 Å². The number of rotatable bonds is 3. The van der Waals surface area contributed by atoms with Gasteiger partial charge in [0, 0.05) is 19.2 Å². The monoisotopic (exact) mass is 301 g/mol. The van der Waals surface area contributed by atoms with Crippen molar-refractivity contribution >= 4 is 5.91 Å². The molecule has 0 unspecified atom stereocenters. The molecule has 6 heteroatoms. The first-order chi connectivity index (χ1) is 10.6. The van der Waals surface area contributed by atoms with Crippen LogP contribution in [-0.2, 0) is 6.54 Å². The smallest absolute Gasteiger partial charge is 0.274 e. The van der Waals surface area contributed by atoms with Gasteiger partial charge in [0.2, 0.25) is 0 Å². The van der Waals surface area contributed by atoms with E-state index in [1.807, 2.05) is 0 Å². The van der Waals surface area contributed by atoms with Crippen molar-refractivity contribution in [2.75, 3.05) is 13.1 Å². The van der Waals surface area contributed by atoms with E-state index in [2.05, 4.69) is 5.10 Å². The lowest BCUT2D eigenvalue weighted by molar-refractivity contribution is 0.0784. The number of hydrogen-bond acceptors (Lipinski definition) is 3. The Hall–Kier alpha value is -2.50. The fourth-order valence-electron chi connectivity index (χ4n) is 2.52. The second-order valence-electron chi connectivity index (χ2n) is 5.34. The largest absolute Gasteiger partial charge is 0.337 e. The van der Waals surface area contributed by atoms with Crippen molar-refractivity contribution in [1.82, 2.24) is 14.7 Å². The molecular weight excluding hydrogens is 285 g/mol. The van der Waals surface area contributed by atoms with E-state index in [1.165, 1.54) is 28.9 Å². The molecule has 0 bridgehead atoms. The van der Waals surface area contributed by atoms with E-state index in [0.717, 1.165) is 31.5 Å². The van der Waals surface area contributed by atoms with Gasteiger partial charge in [0.15, 0.2) is 0 Å². The first kappa shape index (κ1) is 14.4. The van der Waals surface area contributed by atoms with Crippen LogP contribution in [0.2, 0.25) is 0 Å². The number of benzene rings is 1. The van der Waals surface area contributed by atoms with Gasteiger partial charge in [-0.05, 0) is 36.6 Å². The van der Waals surface area contributed by atoms with Crippen molar-refractivity contribution < 1.29 is 9.18 Å². The maximum atomic E-state index is 12.9. The zero-order valence-electron chi connectivity index (χ0n) is 12.0. The second kappa shape index (κ2) is 6.09. The molecule has 2 aromatic rings. The third-order valence-electron chi connectivity index (χ3n) is 3.72. The highest BCUT2D eigenvalue weighted by Gasteiger charge is 2.21. The van der Waals surface area contributed by atoms with Gasteiger partial charge in [-0.15, -0.1) is 0 Å². The minimum Gasteiger partial charge on any atom is -0.337 e. The molecule has 1 fully saturated rings. The van der Waals surface area contributed by atoms with Gasteiger partial charge in [0.25, 0.3) is 11.5 Å². The fourth-order valence-corrected chi connectivity index (χ4v) is 2.52. The van der Waals surface area contributed by atoms with E-state index < -0.39 is 0 Å². The molecule has 1 aromatic heterocycles. The van der Waals surface area contributed by atoms with Gasteiger partial charge in [-0.1, -0.05) is 12.1 Å². The summed E-state index contributed by atoms with van der Waals surface area (Å²) < 4.78 is 14.1. The number of amides is 1. The lowest BCUT2D eigenvalue weighted by Crippen LogP contribution is -2.32. The average Bonchev–Trinajstić information content (AvgIpc) is 3.05. The summed E-state index contributed by atoms with van der Waals surface area (Å²) in [5, 5.41) is 4.15. The van der Waals surface area contributed by atoms with Gasteiger partial charge < -0.3 is 4.90 Å². The van der Waals surface area contributed by atoms with Crippen LogP contribution in [0.1, 0.15) is 28.9 Å². The standard InChI is InChI=1S/C16H16FN3O2/c17-13-5-3-12(4-6-13)11-20-15(21)8-7-14(18-20)16(22)19-9-1-2-10-19/h3-8H,1-2,9-11H2. The van der Waals surface area contributed by atoms with E-state index in [4.69, 9.17) is 0 Å². The van der Waals surface area contributed by atoms with Gasteiger partial charge in [-0.2, -0.15) is 5.10 Å². The lowest BCUT2D eigenvalue weighted by Gasteiger charge is -2.15. The predicted molar refractivity (Wildman–Crippen MR) is 79.1 cm³/mol. The number of aromatic nitrogens is 2. The first-order valence-electron chi connectivity index (χ1n) is 7.25. The molecule has 1 amide bonds. The average molecular weight is 301 g/mol. The van der Waals surface area contributed by atoms with Crippen LogP contribution in [0, 0.1) is 5.82 Å². The summed E-state index contributed by atoms with van der Waals surface area (Å²) in [6.45, 7) is 1.68. The highest BCUT2D eigenvalue weighted by Crippen LogP contribution is 2.11. The topological polar surface area (TPSA) is 55.2 Å². The molecule has 0 aliphatic carbocycles. The molecule has 0 N–H and O–H groups in total. The number of halogens is 1. The summed E-state index contributed by atoms with van der Waals surface area (Å²) in [5.74, 6) is -0.479. The zero-order valence-corrected chi connectivity index (χ0v) is 12.0. The van der Waals surface area contributed by atoms with Crippen molar-refractivity contribution in [1.29, 1.82) is 0 Å². The van der Waals surface area contributed by atoms with E-state index in [9.17, 15) is 14.0 Å². The molecule has 1 aliphatic rings. The first-order valence-corrected chi connectivity index (χ1v) is 7.25. The summed E-state index contributed by atoms with van der Waals surface area (Å²) in [6.07, 6.45) is 2.00. The number of carbonyl (C=O) groups excluding carboxylic acids is 1. The molecule has 3 rings (SSSR count). The molecule has 0 saturated carbocycles. The molecule has 5 nitrogen and oxygen atoms in total. The molecule has 2 heterocycles. The van der Waals surface area contributed by atoms with Crippen LogP contribution in [0.4, 0.5) is 4.39 Å². The van der Waals surface area contributed by atoms with Crippen molar-refractivity contribution in [2.45, 2.75) is 19.4 Å². The Balaban J connectivity index is 1.84. The number of nitrogens with zero attached hydrogens (tertiary/aromatic N) is 3. The Morgan fingerprint density at radius 1 is 1.09 bits per heavy atom. The predicted octanol–water partition coefficient (Wildman–Crippen LogP) is 1.67. The van der Waals surface area contributed by atoms with Gasteiger partial charge >= 0.3 is 0 Å². The highest BCUT2D eigenvalue weighted by atomic mass is 19.1. The van der Waals surface area contributed by atoms with Crippen LogP contribution >= 0.6 is 0 Å². The van der Waals surface area contributed by atoms with Gasteiger partial charge in [-0.3, -0.25) is 9.59 Å². The van der Waals surface area contributed by atoms with Crippen LogP contribution in [0.5, 0.6) is 0 Å². The lowest BCUT2D eigenvalue weighted by atomic mass is 10.2. The van der Waals surface area contributed by atoms with Crippen LogP contribution in [0.15, 0.2) is 41.2 Å². The summed E-state index contributed by atoms with van der Waals surface area (Å²) in [7, 11) is 0. The Morgan fingerprint density at radius 3 is 2.45 bits per heavy atom. The molecule has 0 radical (unpaired) electrons. The van der Waals surface area contributed by atoms with Crippen molar-refractivity contribution in [3.63, 3.8) is 0 Å². The summed E-state index contributed by atoms with van der Waals surface area (Å²) in [5.41, 5.74) is 0.729. The van der Waals surface area contributed by atoms with Gasteiger partial charge in [0.1, 0.15) is 11.5 Å². The molecule has 1 aromatic carbocycles. The highest BCUT2D eigenvalue weighted by molar-refractivity contribution is 5.92. The van der Waals surface area contributed by atoms with E-state index >= 15 is 0 Å². The molecule has 1 saturated heterocycles. The maximum Gasteiger partial charge on any atom is 0.274 e. The number of likely N-dealkylation sites (tertiary alicyclic amines) is 1. The van der Waals surface area contributed by atoms with Crippen LogP contribution in [-0.4, -0.2) is 33.7 Å². The van der Waals surface area contributed by atoms with Crippen molar-refractivity contribution in [3.05, 3.63) is 63.8 Å². The van der Waals surface area contributed by atoms with Crippen LogP contribution in [0.3, 0.4) is 0 Å². The minimum absolute atomic E-state index is 0.148. The fraction of sp³-hybridized carbons (Fsp3) is 0.312. The van der Waals surface area contributed by atoms with Gasteiger partial charge in [0.05, 0.1) is 6.54 Å². The zero-order chi connectivity index (χ0) is 15.5. The third kappa shape index (κ3) is 3.05. The quantitative estimate of drug-likeness (QED) is 0.866. The molecular formula is C16H16FN3O2.